The molecule has 1 N–H and O–H groups in total. The van der Waals surface area contributed by atoms with Crippen LogP contribution in [0.25, 0.3) is 0 Å². The quantitative estimate of drug-likeness (QED) is 0.685. The molecule has 1 amide bonds. The molecule has 0 bridgehead atoms. The van der Waals surface area contributed by atoms with E-state index in [4.69, 9.17) is 14.2 Å². The largest absolute Gasteiger partial charge is 0.465 e. The monoisotopic (exact) mass is 391 g/mol. The van der Waals surface area contributed by atoms with E-state index in [1.165, 1.54) is 12.0 Å². The summed E-state index contributed by atoms with van der Waals surface area (Å²) in [4.78, 5) is 25.7. The number of aliphatic hydroxyl groups is 1. The van der Waals surface area contributed by atoms with E-state index in [0.29, 0.717) is 25.0 Å². The van der Waals surface area contributed by atoms with Crippen LogP contribution in [0.5, 0.6) is 0 Å². The molecular formula is C21H29NO6. The number of carbonyl (C=O) groups excluding carboxylic acids is 2. The minimum Gasteiger partial charge on any atom is -0.465 e. The van der Waals surface area contributed by atoms with Crippen molar-refractivity contribution in [2.45, 2.75) is 32.0 Å². The summed E-state index contributed by atoms with van der Waals surface area (Å²) >= 11 is 0. The van der Waals surface area contributed by atoms with Crippen molar-refractivity contribution in [3.05, 3.63) is 47.2 Å². The molecule has 0 saturated heterocycles. The van der Waals surface area contributed by atoms with Crippen molar-refractivity contribution in [2.75, 3.05) is 34.4 Å². The zero-order valence-corrected chi connectivity index (χ0v) is 16.9. The average Bonchev–Trinajstić information content (AvgIpc) is 2.71. The number of ether oxygens (including phenoxy) is 3. The standard InChI is InChI=1S/C21H29NO6/c1-5-27-21-16(7-6-12-23)17(13-18(28-21)19(24)22(2)3)14-8-10-15(11-9-14)20(25)26-4/h8-11,13,16-17,21,23H,5-7,12H2,1-4H3/t16-,17-,21-/m1/s1. The molecule has 1 aliphatic heterocycles. The summed E-state index contributed by atoms with van der Waals surface area (Å²) in [6, 6.07) is 7.12. The molecule has 154 valence electrons. The van der Waals surface area contributed by atoms with Gasteiger partial charge in [0.25, 0.3) is 5.91 Å². The van der Waals surface area contributed by atoms with Crippen molar-refractivity contribution in [1.29, 1.82) is 0 Å². The molecule has 0 aliphatic carbocycles. The number of likely N-dealkylation sites (N-methyl/N-ethyl adjacent to an activating group) is 1. The second kappa shape index (κ2) is 10.2. The third kappa shape index (κ3) is 5.11. The van der Waals surface area contributed by atoms with Crippen LogP contribution in [0.15, 0.2) is 36.1 Å². The predicted molar refractivity (Wildman–Crippen MR) is 104 cm³/mol. The van der Waals surface area contributed by atoms with E-state index in [0.717, 1.165) is 5.56 Å². The van der Waals surface area contributed by atoms with Crippen LogP contribution >= 0.6 is 0 Å². The van der Waals surface area contributed by atoms with Crippen molar-refractivity contribution in [1.82, 2.24) is 4.90 Å². The predicted octanol–water partition coefficient (Wildman–Crippen LogP) is 2.31. The molecule has 7 nitrogen and oxygen atoms in total. The maximum Gasteiger partial charge on any atom is 0.337 e. The SMILES string of the molecule is CCO[C@@H]1OC(C(=O)N(C)C)=C[C@H](c2ccc(C(=O)OC)cc2)[C@H]1CCCO. The highest BCUT2D eigenvalue weighted by Gasteiger charge is 2.38. The van der Waals surface area contributed by atoms with Crippen LogP contribution in [-0.4, -0.2) is 62.6 Å². The number of carbonyl (C=O) groups is 2. The molecule has 1 heterocycles. The first-order valence-electron chi connectivity index (χ1n) is 9.43. The Morgan fingerprint density at radius 3 is 2.43 bits per heavy atom. The van der Waals surface area contributed by atoms with Gasteiger partial charge < -0.3 is 24.2 Å². The molecule has 0 saturated carbocycles. The third-order valence-electron chi connectivity index (χ3n) is 4.75. The van der Waals surface area contributed by atoms with Gasteiger partial charge in [-0.05, 0) is 43.5 Å². The van der Waals surface area contributed by atoms with Crippen LogP contribution in [0, 0.1) is 5.92 Å². The Hall–Kier alpha value is -2.38. The zero-order valence-electron chi connectivity index (χ0n) is 16.9. The van der Waals surface area contributed by atoms with Gasteiger partial charge in [-0.1, -0.05) is 12.1 Å². The first kappa shape index (κ1) is 21.9. The molecule has 3 atom stereocenters. The number of amides is 1. The first-order chi connectivity index (χ1) is 13.4. The molecule has 0 radical (unpaired) electrons. The lowest BCUT2D eigenvalue weighted by molar-refractivity contribution is -0.169. The Labute approximate surface area is 165 Å². The highest BCUT2D eigenvalue weighted by atomic mass is 16.7. The van der Waals surface area contributed by atoms with Crippen molar-refractivity contribution in [3.63, 3.8) is 0 Å². The molecule has 0 aromatic heterocycles. The summed E-state index contributed by atoms with van der Waals surface area (Å²) in [6.45, 7) is 2.38. The fourth-order valence-corrected chi connectivity index (χ4v) is 3.32. The second-order valence-corrected chi connectivity index (χ2v) is 6.84. The third-order valence-corrected chi connectivity index (χ3v) is 4.75. The highest BCUT2D eigenvalue weighted by molar-refractivity contribution is 5.91. The maximum absolute atomic E-state index is 12.5. The number of esters is 1. The lowest BCUT2D eigenvalue weighted by atomic mass is 9.80. The van der Waals surface area contributed by atoms with Gasteiger partial charge in [-0.2, -0.15) is 0 Å². The number of hydrogen-bond acceptors (Lipinski definition) is 6. The van der Waals surface area contributed by atoms with Crippen LogP contribution in [0.4, 0.5) is 0 Å². The molecule has 0 spiro atoms. The molecule has 0 unspecified atom stereocenters. The zero-order chi connectivity index (χ0) is 20.7. The van der Waals surface area contributed by atoms with Crippen LogP contribution in [0.3, 0.4) is 0 Å². The summed E-state index contributed by atoms with van der Waals surface area (Å²) in [6.07, 6.45) is 2.49. The Morgan fingerprint density at radius 2 is 1.89 bits per heavy atom. The van der Waals surface area contributed by atoms with Gasteiger partial charge in [0.1, 0.15) is 0 Å². The van der Waals surface area contributed by atoms with Crippen LogP contribution in [0.1, 0.15) is 41.6 Å². The Bertz CT molecular complexity index is 697. The van der Waals surface area contributed by atoms with E-state index in [-0.39, 0.29) is 30.1 Å². The van der Waals surface area contributed by atoms with Gasteiger partial charge in [0.2, 0.25) is 6.29 Å². The Morgan fingerprint density at radius 1 is 1.21 bits per heavy atom. The molecule has 28 heavy (non-hydrogen) atoms. The van der Waals surface area contributed by atoms with Crippen LogP contribution in [-0.2, 0) is 19.0 Å². The number of methoxy groups -OCH3 is 1. The van der Waals surface area contributed by atoms with Gasteiger partial charge in [0, 0.05) is 39.1 Å². The molecule has 0 fully saturated rings. The lowest BCUT2D eigenvalue weighted by Gasteiger charge is -2.37. The number of hydrogen-bond donors (Lipinski definition) is 1. The second-order valence-electron chi connectivity index (χ2n) is 6.84. The van der Waals surface area contributed by atoms with Crippen molar-refractivity contribution in [3.8, 4) is 0 Å². The topological polar surface area (TPSA) is 85.3 Å². The van der Waals surface area contributed by atoms with Crippen LogP contribution < -0.4 is 0 Å². The van der Waals surface area contributed by atoms with Gasteiger partial charge >= 0.3 is 5.97 Å². The fourth-order valence-electron chi connectivity index (χ4n) is 3.32. The summed E-state index contributed by atoms with van der Waals surface area (Å²) in [7, 11) is 4.68. The van der Waals surface area contributed by atoms with Gasteiger partial charge in [-0.3, -0.25) is 4.79 Å². The minimum absolute atomic E-state index is 0.0660. The van der Waals surface area contributed by atoms with Crippen molar-refractivity contribution < 1.29 is 28.9 Å². The normalized spacial score (nSPS) is 21.5. The fraction of sp³-hybridized carbons (Fsp3) is 0.524. The van der Waals surface area contributed by atoms with E-state index in [1.54, 1.807) is 26.2 Å². The summed E-state index contributed by atoms with van der Waals surface area (Å²) in [5.74, 6) is -0.619. The number of allylic oxidation sites excluding steroid dienone is 1. The summed E-state index contributed by atoms with van der Waals surface area (Å²) in [5.41, 5.74) is 1.40. The van der Waals surface area contributed by atoms with Gasteiger partial charge in [-0.15, -0.1) is 0 Å². The number of benzene rings is 1. The van der Waals surface area contributed by atoms with E-state index >= 15 is 0 Å². The highest BCUT2D eigenvalue weighted by Crippen LogP contribution is 2.39. The van der Waals surface area contributed by atoms with Crippen molar-refractivity contribution in [2.24, 2.45) is 5.92 Å². The summed E-state index contributed by atoms with van der Waals surface area (Å²) < 4.78 is 16.4. The molecule has 1 aromatic carbocycles. The molecular weight excluding hydrogens is 362 g/mol. The Balaban J connectivity index is 2.43. The van der Waals surface area contributed by atoms with Gasteiger partial charge in [-0.25, -0.2) is 4.79 Å². The van der Waals surface area contributed by atoms with Crippen LogP contribution in [0.2, 0.25) is 0 Å². The summed E-state index contributed by atoms with van der Waals surface area (Å²) in [5, 5.41) is 9.30. The maximum atomic E-state index is 12.5. The molecule has 7 heteroatoms. The smallest absolute Gasteiger partial charge is 0.337 e. The molecule has 1 aromatic rings. The molecule has 1 aliphatic rings. The minimum atomic E-state index is -0.592. The van der Waals surface area contributed by atoms with E-state index in [2.05, 4.69) is 0 Å². The van der Waals surface area contributed by atoms with E-state index in [9.17, 15) is 14.7 Å². The Kier molecular flexibility index (Phi) is 8.02. The lowest BCUT2D eigenvalue weighted by Crippen LogP contribution is -2.38. The van der Waals surface area contributed by atoms with Gasteiger partial charge in [0.15, 0.2) is 5.76 Å². The van der Waals surface area contributed by atoms with E-state index < -0.39 is 12.3 Å². The number of aliphatic hydroxyl groups excluding tert-OH is 1. The van der Waals surface area contributed by atoms with Crippen molar-refractivity contribution >= 4 is 11.9 Å². The number of nitrogens with zero attached hydrogens (tertiary/aromatic N) is 1. The average molecular weight is 391 g/mol. The first-order valence-corrected chi connectivity index (χ1v) is 9.43. The van der Waals surface area contributed by atoms with Gasteiger partial charge in [0.05, 0.1) is 12.7 Å². The molecule has 2 rings (SSSR count). The van der Waals surface area contributed by atoms with E-state index in [1.807, 2.05) is 25.1 Å². The number of rotatable bonds is 8.